The number of nitrogens with two attached hydrogens (primary N) is 1. The van der Waals surface area contributed by atoms with Crippen LogP contribution in [0.3, 0.4) is 0 Å². The molecule has 7 nitrogen and oxygen atoms in total. The maximum absolute atomic E-state index is 13.2. The van der Waals surface area contributed by atoms with E-state index < -0.39 is 23.8 Å². The Morgan fingerprint density at radius 1 is 1.16 bits per heavy atom. The van der Waals surface area contributed by atoms with E-state index in [1.54, 1.807) is 33.0 Å². The van der Waals surface area contributed by atoms with E-state index in [0.29, 0.717) is 39.4 Å². The smallest absolute Gasteiger partial charge is 0.416 e. The number of esters is 1. The van der Waals surface area contributed by atoms with Gasteiger partial charge in [0.15, 0.2) is 0 Å². The summed E-state index contributed by atoms with van der Waals surface area (Å²) in [6.45, 7) is 3.39. The van der Waals surface area contributed by atoms with Gasteiger partial charge in [-0.25, -0.2) is 14.8 Å². The normalized spacial score (nSPS) is 12.5. The maximum atomic E-state index is 13.2. The Morgan fingerprint density at radius 2 is 1.87 bits per heavy atom. The number of nitrogen functional groups attached to an aromatic ring is 1. The summed E-state index contributed by atoms with van der Waals surface area (Å²) in [5.41, 5.74) is 6.55. The summed E-state index contributed by atoms with van der Waals surface area (Å²) in [6.07, 6.45) is -4.51. The fourth-order valence-corrected chi connectivity index (χ4v) is 3.27. The van der Waals surface area contributed by atoms with Crippen molar-refractivity contribution >= 4 is 34.1 Å². The highest BCUT2D eigenvalue weighted by atomic mass is 19.4. The van der Waals surface area contributed by atoms with Gasteiger partial charge in [-0.1, -0.05) is 0 Å². The molecule has 3 rings (SSSR count). The molecule has 0 spiro atoms. The molecule has 31 heavy (non-hydrogen) atoms. The molecule has 10 heteroatoms. The Hall–Kier alpha value is -3.56. The number of carbonyl (C=O) groups is 1. The largest absolute Gasteiger partial charge is 0.465 e. The van der Waals surface area contributed by atoms with Crippen LogP contribution >= 0.6 is 0 Å². The minimum Gasteiger partial charge on any atom is -0.465 e. The molecule has 0 saturated heterocycles. The van der Waals surface area contributed by atoms with Crippen LogP contribution in [0.15, 0.2) is 30.3 Å². The maximum Gasteiger partial charge on any atom is 0.416 e. The predicted molar refractivity (Wildman–Crippen MR) is 113 cm³/mol. The lowest BCUT2D eigenvalue weighted by Gasteiger charge is -2.19. The van der Waals surface area contributed by atoms with Crippen molar-refractivity contribution in [1.82, 2.24) is 9.97 Å². The number of benzene rings is 2. The highest BCUT2D eigenvalue weighted by Gasteiger charge is 2.31. The molecule has 1 atom stereocenters. The van der Waals surface area contributed by atoms with Crippen molar-refractivity contribution in [1.29, 1.82) is 0 Å². The lowest BCUT2D eigenvalue weighted by Crippen LogP contribution is -2.13. The molecule has 0 amide bonds. The zero-order valence-corrected chi connectivity index (χ0v) is 17.4. The van der Waals surface area contributed by atoms with Crippen LogP contribution in [0, 0.1) is 6.92 Å². The van der Waals surface area contributed by atoms with Crippen molar-refractivity contribution in [3.05, 3.63) is 52.8 Å². The van der Waals surface area contributed by atoms with E-state index in [2.05, 4.69) is 20.6 Å². The second-order valence-electron chi connectivity index (χ2n) is 7.03. The molecule has 1 aromatic heterocycles. The van der Waals surface area contributed by atoms with Gasteiger partial charge >= 0.3 is 12.1 Å². The van der Waals surface area contributed by atoms with Gasteiger partial charge in [0, 0.05) is 23.8 Å². The van der Waals surface area contributed by atoms with Crippen LogP contribution in [0.5, 0.6) is 0 Å². The minimum atomic E-state index is -4.51. The highest BCUT2D eigenvalue weighted by molar-refractivity contribution is 6.03. The predicted octanol–water partition coefficient (Wildman–Crippen LogP) is 4.54. The molecular formula is C21H22F3N5O2. The van der Waals surface area contributed by atoms with Crippen LogP contribution in [0.4, 0.5) is 30.4 Å². The van der Waals surface area contributed by atoms with Gasteiger partial charge in [-0.15, -0.1) is 0 Å². The van der Waals surface area contributed by atoms with Crippen LogP contribution in [0.25, 0.3) is 10.9 Å². The van der Waals surface area contributed by atoms with Gasteiger partial charge in [-0.3, -0.25) is 0 Å². The van der Waals surface area contributed by atoms with Crippen LogP contribution in [-0.4, -0.2) is 30.1 Å². The molecule has 0 unspecified atom stereocenters. The van der Waals surface area contributed by atoms with Crippen molar-refractivity contribution < 1.29 is 22.7 Å². The van der Waals surface area contributed by atoms with Crippen molar-refractivity contribution in [2.45, 2.75) is 26.1 Å². The van der Waals surface area contributed by atoms with Gasteiger partial charge in [-0.2, -0.15) is 13.2 Å². The van der Waals surface area contributed by atoms with Gasteiger partial charge in [-0.05, 0) is 49.7 Å². The lowest BCUT2D eigenvalue weighted by molar-refractivity contribution is -0.137. The third-order valence-electron chi connectivity index (χ3n) is 4.78. The number of aryl methyl sites for hydroxylation is 1. The number of anilines is 3. The molecule has 0 fully saturated rings. The van der Waals surface area contributed by atoms with Crippen molar-refractivity contribution in [3.63, 3.8) is 0 Å². The summed E-state index contributed by atoms with van der Waals surface area (Å²) < 4.78 is 44.3. The standard InChI is InChI=1S/C21H22F3N5O2/c1-10(12-5-13(21(22,23)24)7-14(25)6-12)27-19-15-8-17(26-3)16(20(30)31-4)9-18(15)28-11(2)29-19/h5-10,26H,25H2,1-4H3,(H,27,28,29)/t10-/m1/s1. The van der Waals surface area contributed by atoms with Gasteiger partial charge in [0.05, 0.1) is 29.8 Å². The van der Waals surface area contributed by atoms with Crippen LogP contribution < -0.4 is 16.4 Å². The Balaban J connectivity index is 2.07. The summed E-state index contributed by atoms with van der Waals surface area (Å²) >= 11 is 0. The summed E-state index contributed by atoms with van der Waals surface area (Å²) in [5.74, 6) is 0.322. The van der Waals surface area contributed by atoms with Crippen LogP contribution in [0.2, 0.25) is 0 Å². The van der Waals surface area contributed by atoms with E-state index in [1.807, 2.05) is 0 Å². The zero-order chi connectivity index (χ0) is 22.9. The van der Waals surface area contributed by atoms with E-state index in [1.165, 1.54) is 13.2 Å². The molecule has 0 bridgehead atoms. The van der Waals surface area contributed by atoms with Gasteiger partial charge in [0.25, 0.3) is 0 Å². The number of rotatable bonds is 5. The van der Waals surface area contributed by atoms with Crippen molar-refractivity contribution in [3.8, 4) is 0 Å². The second-order valence-corrected chi connectivity index (χ2v) is 7.03. The Bertz CT molecular complexity index is 1150. The number of aromatic nitrogens is 2. The third kappa shape index (κ3) is 4.62. The number of alkyl halides is 3. The molecule has 3 aromatic rings. The van der Waals surface area contributed by atoms with Crippen LogP contribution in [0.1, 0.15) is 40.3 Å². The number of carbonyl (C=O) groups excluding carboxylic acids is 1. The molecule has 0 aliphatic heterocycles. The number of hydrogen-bond donors (Lipinski definition) is 3. The summed E-state index contributed by atoms with van der Waals surface area (Å²) in [4.78, 5) is 20.9. The first-order valence-electron chi connectivity index (χ1n) is 9.36. The monoisotopic (exact) mass is 433 g/mol. The fraction of sp³-hybridized carbons (Fsp3) is 0.286. The number of halogens is 3. The number of nitrogens with one attached hydrogen (secondary N) is 2. The van der Waals surface area contributed by atoms with Gasteiger partial charge in [0.2, 0.25) is 0 Å². The van der Waals surface area contributed by atoms with Gasteiger partial charge < -0.3 is 21.1 Å². The summed E-state index contributed by atoms with van der Waals surface area (Å²) in [7, 11) is 2.94. The minimum absolute atomic E-state index is 0.0161. The number of ether oxygens (including phenoxy) is 1. The highest BCUT2D eigenvalue weighted by Crippen LogP contribution is 2.34. The molecule has 4 N–H and O–H groups in total. The molecule has 0 saturated carbocycles. The molecule has 1 heterocycles. The number of methoxy groups -OCH3 is 1. The van der Waals surface area contributed by atoms with E-state index in [-0.39, 0.29) is 5.69 Å². The fourth-order valence-electron chi connectivity index (χ4n) is 3.27. The van der Waals surface area contributed by atoms with E-state index in [0.717, 1.165) is 12.1 Å². The topological polar surface area (TPSA) is 102 Å². The number of hydrogen-bond acceptors (Lipinski definition) is 7. The second kappa shape index (κ2) is 8.29. The first-order chi connectivity index (χ1) is 14.5. The quantitative estimate of drug-likeness (QED) is 0.401. The molecule has 0 radical (unpaired) electrons. The molecule has 164 valence electrons. The first-order valence-corrected chi connectivity index (χ1v) is 9.36. The van der Waals surface area contributed by atoms with E-state index in [4.69, 9.17) is 10.5 Å². The lowest BCUT2D eigenvalue weighted by atomic mass is 10.0. The Kier molecular flexibility index (Phi) is 5.92. The van der Waals surface area contributed by atoms with E-state index in [9.17, 15) is 18.0 Å². The summed E-state index contributed by atoms with van der Waals surface area (Å²) in [5, 5.41) is 6.67. The molecule has 0 aliphatic carbocycles. The number of fused-ring (bicyclic) bond motifs is 1. The molecule has 0 aliphatic rings. The van der Waals surface area contributed by atoms with Gasteiger partial charge in [0.1, 0.15) is 11.6 Å². The number of nitrogens with zero attached hydrogens (tertiary/aromatic N) is 2. The first kappa shape index (κ1) is 22.1. The van der Waals surface area contributed by atoms with Crippen molar-refractivity contribution in [2.24, 2.45) is 0 Å². The molecular weight excluding hydrogens is 411 g/mol. The molecule has 2 aromatic carbocycles. The zero-order valence-electron chi connectivity index (χ0n) is 17.4. The Labute approximate surface area is 176 Å². The average Bonchev–Trinajstić information content (AvgIpc) is 2.71. The summed E-state index contributed by atoms with van der Waals surface area (Å²) in [6, 6.07) is 6.17. The van der Waals surface area contributed by atoms with Crippen LogP contribution in [-0.2, 0) is 10.9 Å². The van der Waals surface area contributed by atoms with E-state index >= 15 is 0 Å². The van der Waals surface area contributed by atoms with Crippen molar-refractivity contribution in [2.75, 3.05) is 30.5 Å². The Morgan fingerprint density at radius 3 is 2.48 bits per heavy atom. The third-order valence-corrected chi connectivity index (χ3v) is 4.78. The average molecular weight is 433 g/mol. The SMILES string of the molecule is CNc1cc2c(N[C@H](C)c3cc(N)cc(C(F)(F)F)c3)nc(C)nc2cc1C(=O)OC.